The van der Waals surface area contributed by atoms with Crippen molar-refractivity contribution in [3.05, 3.63) is 28.8 Å². The Balaban J connectivity index is 2.22. The Morgan fingerprint density at radius 3 is 2.57 bits per heavy atom. The van der Waals surface area contributed by atoms with Crippen molar-refractivity contribution in [3.8, 4) is 0 Å². The zero-order valence-electron chi connectivity index (χ0n) is 13.5. The molecule has 1 saturated heterocycles. The van der Waals surface area contributed by atoms with Gasteiger partial charge in [0.1, 0.15) is 0 Å². The predicted octanol–water partition coefficient (Wildman–Crippen LogP) is 3.54. The summed E-state index contributed by atoms with van der Waals surface area (Å²) in [6.45, 7) is 6.64. The number of benzene rings is 1. The summed E-state index contributed by atoms with van der Waals surface area (Å²) in [4.78, 5) is 4.68. The summed E-state index contributed by atoms with van der Waals surface area (Å²) >= 11 is 6.60. The molecule has 1 heterocycles. The zero-order valence-corrected chi connectivity index (χ0v) is 14.3. The summed E-state index contributed by atoms with van der Waals surface area (Å²) in [6.07, 6.45) is 3.67. The first-order valence-corrected chi connectivity index (χ1v) is 8.42. The maximum Gasteiger partial charge on any atom is 0.0474 e. The minimum atomic E-state index is 0.454. The summed E-state index contributed by atoms with van der Waals surface area (Å²) in [5.41, 5.74) is 2.45. The van der Waals surface area contributed by atoms with Crippen molar-refractivity contribution in [2.75, 3.05) is 45.2 Å². The summed E-state index contributed by atoms with van der Waals surface area (Å²) < 4.78 is 0. The van der Waals surface area contributed by atoms with Crippen molar-refractivity contribution >= 4 is 17.3 Å². The van der Waals surface area contributed by atoms with E-state index in [2.05, 4.69) is 54.3 Å². The van der Waals surface area contributed by atoms with Crippen molar-refractivity contribution in [1.82, 2.24) is 10.2 Å². The largest absolute Gasteiger partial charge is 0.378 e. The highest BCUT2D eigenvalue weighted by Crippen LogP contribution is 2.34. The van der Waals surface area contributed by atoms with E-state index in [0.29, 0.717) is 6.04 Å². The SMILES string of the molecule is CCCC[C@@H](c1ccc(N(C)C)cc1Cl)N1CCNCC1. The van der Waals surface area contributed by atoms with Crippen LogP contribution in [0.25, 0.3) is 0 Å². The molecule has 0 spiro atoms. The third-order valence-corrected chi connectivity index (χ3v) is 4.61. The van der Waals surface area contributed by atoms with Gasteiger partial charge in [-0.2, -0.15) is 0 Å². The summed E-state index contributed by atoms with van der Waals surface area (Å²) in [6, 6.07) is 6.95. The van der Waals surface area contributed by atoms with Crippen LogP contribution in [0.15, 0.2) is 18.2 Å². The van der Waals surface area contributed by atoms with Gasteiger partial charge in [0.05, 0.1) is 0 Å². The van der Waals surface area contributed by atoms with E-state index < -0.39 is 0 Å². The van der Waals surface area contributed by atoms with Gasteiger partial charge in [0.15, 0.2) is 0 Å². The van der Waals surface area contributed by atoms with Crippen LogP contribution in [-0.2, 0) is 0 Å². The lowest BCUT2D eigenvalue weighted by Gasteiger charge is -2.36. The Bertz CT molecular complexity index is 442. The van der Waals surface area contributed by atoms with Crippen molar-refractivity contribution in [3.63, 3.8) is 0 Å². The molecule has 1 fully saturated rings. The van der Waals surface area contributed by atoms with Crippen molar-refractivity contribution in [1.29, 1.82) is 0 Å². The lowest BCUT2D eigenvalue weighted by atomic mass is 9.98. The van der Waals surface area contributed by atoms with E-state index in [1.54, 1.807) is 0 Å². The number of unbranched alkanes of at least 4 members (excludes halogenated alkanes) is 1. The Hall–Kier alpha value is -0.770. The molecule has 0 saturated carbocycles. The van der Waals surface area contributed by atoms with Crippen LogP contribution in [0.4, 0.5) is 5.69 Å². The van der Waals surface area contributed by atoms with Crippen LogP contribution >= 0.6 is 11.6 Å². The first-order valence-electron chi connectivity index (χ1n) is 8.05. The maximum atomic E-state index is 6.60. The van der Waals surface area contributed by atoms with Crippen LogP contribution in [0.1, 0.15) is 37.8 Å². The summed E-state index contributed by atoms with van der Waals surface area (Å²) in [7, 11) is 4.10. The molecule has 3 nitrogen and oxygen atoms in total. The second-order valence-electron chi connectivity index (χ2n) is 6.04. The molecule has 2 rings (SSSR count). The van der Waals surface area contributed by atoms with Gasteiger partial charge in [0, 0.05) is 57.0 Å². The molecule has 0 unspecified atom stereocenters. The molecule has 0 radical (unpaired) electrons. The number of hydrogen-bond acceptors (Lipinski definition) is 3. The van der Waals surface area contributed by atoms with Gasteiger partial charge in [-0.3, -0.25) is 4.90 Å². The van der Waals surface area contributed by atoms with Gasteiger partial charge < -0.3 is 10.2 Å². The Morgan fingerprint density at radius 1 is 1.29 bits per heavy atom. The molecule has 118 valence electrons. The van der Waals surface area contributed by atoms with E-state index in [-0.39, 0.29) is 0 Å². The van der Waals surface area contributed by atoms with Crippen molar-refractivity contribution in [2.24, 2.45) is 0 Å². The lowest BCUT2D eigenvalue weighted by Crippen LogP contribution is -2.45. The van der Waals surface area contributed by atoms with Gasteiger partial charge >= 0.3 is 0 Å². The number of hydrogen-bond donors (Lipinski definition) is 1. The van der Waals surface area contributed by atoms with E-state index in [1.165, 1.54) is 30.5 Å². The molecular weight excluding hydrogens is 282 g/mol. The first kappa shape index (κ1) is 16.6. The maximum absolute atomic E-state index is 6.60. The average Bonchev–Trinajstić information content (AvgIpc) is 2.50. The zero-order chi connectivity index (χ0) is 15.2. The third kappa shape index (κ3) is 4.35. The molecule has 0 amide bonds. The van der Waals surface area contributed by atoms with Crippen LogP contribution < -0.4 is 10.2 Å². The molecule has 0 bridgehead atoms. The van der Waals surface area contributed by atoms with E-state index >= 15 is 0 Å². The molecule has 1 aromatic rings. The van der Waals surface area contributed by atoms with Gasteiger partial charge in [-0.1, -0.05) is 37.4 Å². The average molecular weight is 310 g/mol. The first-order chi connectivity index (χ1) is 10.1. The minimum absolute atomic E-state index is 0.454. The number of nitrogens with one attached hydrogen (secondary N) is 1. The molecule has 0 aromatic heterocycles. The standard InChI is InChI=1S/C17H28ClN3/c1-4-5-6-17(21-11-9-19-10-12-21)15-8-7-14(20(2)3)13-16(15)18/h7-8,13,17,19H,4-6,9-12H2,1-3H3/t17-/m0/s1. The Labute approximate surface area is 134 Å². The fourth-order valence-corrected chi connectivity index (χ4v) is 3.29. The minimum Gasteiger partial charge on any atom is -0.378 e. The predicted molar refractivity (Wildman–Crippen MR) is 92.5 cm³/mol. The molecular formula is C17H28ClN3. The molecule has 1 aromatic carbocycles. The fraction of sp³-hybridized carbons (Fsp3) is 0.647. The highest BCUT2D eigenvalue weighted by atomic mass is 35.5. The topological polar surface area (TPSA) is 18.5 Å². The monoisotopic (exact) mass is 309 g/mol. The van der Waals surface area contributed by atoms with Crippen LogP contribution in [-0.4, -0.2) is 45.2 Å². The van der Waals surface area contributed by atoms with E-state index in [4.69, 9.17) is 11.6 Å². The van der Waals surface area contributed by atoms with E-state index in [1.807, 2.05) is 0 Å². The van der Waals surface area contributed by atoms with E-state index in [9.17, 15) is 0 Å². The fourth-order valence-electron chi connectivity index (χ4n) is 2.99. The molecule has 21 heavy (non-hydrogen) atoms. The quantitative estimate of drug-likeness (QED) is 0.867. The number of piperazine rings is 1. The highest BCUT2D eigenvalue weighted by Gasteiger charge is 2.23. The van der Waals surface area contributed by atoms with Gasteiger partial charge in [-0.15, -0.1) is 0 Å². The second-order valence-corrected chi connectivity index (χ2v) is 6.45. The van der Waals surface area contributed by atoms with E-state index in [0.717, 1.165) is 31.2 Å². The molecule has 4 heteroatoms. The van der Waals surface area contributed by atoms with Crippen LogP contribution in [0, 0.1) is 0 Å². The normalized spacial score (nSPS) is 17.7. The van der Waals surface area contributed by atoms with Crippen LogP contribution in [0.3, 0.4) is 0 Å². The molecule has 0 aliphatic carbocycles. The number of rotatable bonds is 6. The third-order valence-electron chi connectivity index (χ3n) is 4.28. The Morgan fingerprint density at radius 2 is 2.00 bits per heavy atom. The van der Waals surface area contributed by atoms with Crippen LogP contribution in [0.2, 0.25) is 5.02 Å². The number of halogens is 1. The van der Waals surface area contributed by atoms with Crippen molar-refractivity contribution < 1.29 is 0 Å². The number of anilines is 1. The lowest BCUT2D eigenvalue weighted by molar-refractivity contribution is 0.163. The van der Waals surface area contributed by atoms with Gasteiger partial charge in [-0.05, 0) is 24.1 Å². The van der Waals surface area contributed by atoms with Crippen molar-refractivity contribution in [2.45, 2.75) is 32.2 Å². The molecule has 1 N–H and O–H groups in total. The number of nitrogens with zero attached hydrogens (tertiary/aromatic N) is 2. The molecule has 1 aliphatic heterocycles. The smallest absolute Gasteiger partial charge is 0.0474 e. The van der Waals surface area contributed by atoms with Gasteiger partial charge in [0.2, 0.25) is 0 Å². The van der Waals surface area contributed by atoms with Crippen LogP contribution in [0.5, 0.6) is 0 Å². The Kier molecular flexibility index (Phi) is 6.34. The van der Waals surface area contributed by atoms with Gasteiger partial charge in [0.25, 0.3) is 0 Å². The van der Waals surface area contributed by atoms with Gasteiger partial charge in [-0.25, -0.2) is 0 Å². The second kappa shape index (κ2) is 8.02. The highest BCUT2D eigenvalue weighted by molar-refractivity contribution is 6.31. The summed E-state index contributed by atoms with van der Waals surface area (Å²) in [5, 5.41) is 4.34. The molecule has 1 aliphatic rings. The summed E-state index contributed by atoms with van der Waals surface area (Å²) in [5.74, 6) is 0. The molecule has 1 atom stereocenters.